The molecule has 0 aromatic heterocycles. The Morgan fingerprint density at radius 3 is 2.32 bits per heavy atom. The number of hydrogen-bond donors (Lipinski definition) is 2. The van der Waals surface area contributed by atoms with Crippen LogP contribution in [0.3, 0.4) is 0 Å². The monoisotopic (exact) mass is 265 g/mol. The van der Waals surface area contributed by atoms with Gasteiger partial charge in [-0.1, -0.05) is 6.07 Å². The van der Waals surface area contributed by atoms with Crippen molar-refractivity contribution in [3.8, 4) is 0 Å². The van der Waals surface area contributed by atoms with Crippen molar-refractivity contribution in [2.75, 3.05) is 38.4 Å². The van der Waals surface area contributed by atoms with E-state index in [1.807, 2.05) is 6.92 Å². The van der Waals surface area contributed by atoms with Crippen molar-refractivity contribution in [2.24, 2.45) is 0 Å². The molecule has 6 heteroatoms. The van der Waals surface area contributed by atoms with E-state index in [9.17, 15) is 9.59 Å². The van der Waals surface area contributed by atoms with Gasteiger partial charge in [-0.15, -0.1) is 0 Å². The first-order valence-corrected chi connectivity index (χ1v) is 5.82. The molecule has 1 rings (SSSR count). The largest absolute Gasteiger partial charge is 0.375 e. The molecule has 0 unspecified atom stereocenters. The topological polar surface area (TPSA) is 70.7 Å². The number of anilines is 2. The van der Waals surface area contributed by atoms with Crippen LogP contribution in [-0.4, -0.2) is 44.7 Å². The van der Waals surface area contributed by atoms with Gasteiger partial charge in [0.25, 0.3) is 0 Å². The van der Waals surface area contributed by atoms with Crippen LogP contribution in [0.25, 0.3) is 0 Å². The Bertz CT molecular complexity index is 472. The minimum atomic E-state index is -0.235. The zero-order chi connectivity index (χ0) is 14.4. The molecule has 0 atom stereocenters. The Labute approximate surface area is 112 Å². The standard InChI is InChI=1S/C13H19N3O3/c1-9-10(14-12(17)8-19-4)6-5-7-11(9)15-13(18)16(2)3/h5-7H,8H2,1-4H3,(H,14,17)(H,15,18). The average molecular weight is 265 g/mol. The smallest absolute Gasteiger partial charge is 0.321 e. The molecule has 2 N–H and O–H groups in total. The van der Waals surface area contributed by atoms with Crippen LogP contribution in [0.2, 0.25) is 0 Å². The highest BCUT2D eigenvalue weighted by molar-refractivity contribution is 5.95. The maximum Gasteiger partial charge on any atom is 0.321 e. The minimum absolute atomic E-state index is 0.00623. The number of amides is 3. The molecular weight excluding hydrogens is 246 g/mol. The van der Waals surface area contributed by atoms with E-state index in [4.69, 9.17) is 4.74 Å². The predicted molar refractivity (Wildman–Crippen MR) is 74.4 cm³/mol. The number of nitrogens with one attached hydrogen (secondary N) is 2. The molecule has 0 saturated heterocycles. The molecule has 1 aromatic carbocycles. The van der Waals surface area contributed by atoms with Crippen LogP contribution in [0.1, 0.15) is 5.56 Å². The van der Waals surface area contributed by atoms with Crippen molar-refractivity contribution in [2.45, 2.75) is 6.92 Å². The van der Waals surface area contributed by atoms with Gasteiger partial charge in [-0.05, 0) is 24.6 Å². The summed E-state index contributed by atoms with van der Waals surface area (Å²) in [5, 5.41) is 5.48. The van der Waals surface area contributed by atoms with Crippen molar-refractivity contribution in [3.05, 3.63) is 23.8 Å². The van der Waals surface area contributed by atoms with Crippen LogP contribution in [0, 0.1) is 6.92 Å². The van der Waals surface area contributed by atoms with Gasteiger partial charge in [-0.3, -0.25) is 4.79 Å². The highest BCUT2D eigenvalue weighted by atomic mass is 16.5. The highest BCUT2D eigenvalue weighted by Crippen LogP contribution is 2.23. The number of urea groups is 1. The maximum atomic E-state index is 11.6. The first-order chi connectivity index (χ1) is 8.95. The summed E-state index contributed by atoms with van der Waals surface area (Å²) in [6.07, 6.45) is 0. The van der Waals surface area contributed by atoms with Crippen LogP contribution in [-0.2, 0) is 9.53 Å². The van der Waals surface area contributed by atoms with Crippen molar-refractivity contribution in [1.29, 1.82) is 0 Å². The first kappa shape index (κ1) is 15.0. The zero-order valence-electron chi connectivity index (χ0n) is 11.6. The molecule has 0 aliphatic heterocycles. The van der Waals surface area contributed by atoms with Gasteiger partial charge in [-0.25, -0.2) is 4.79 Å². The molecule has 0 heterocycles. The second-order valence-electron chi connectivity index (χ2n) is 4.28. The number of methoxy groups -OCH3 is 1. The lowest BCUT2D eigenvalue weighted by molar-refractivity contribution is -0.119. The molecule has 0 fully saturated rings. The minimum Gasteiger partial charge on any atom is -0.375 e. The molecule has 0 aliphatic rings. The maximum absolute atomic E-state index is 11.6. The van der Waals surface area contributed by atoms with Gasteiger partial charge in [0.15, 0.2) is 0 Å². The van der Waals surface area contributed by atoms with Crippen molar-refractivity contribution in [1.82, 2.24) is 4.90 Å². The number of carbonyl (C=O) groups is 2. The summed E-state index contributed by atoms with van der Waals surface area (Å²) in [5.41, 5.74) is 2.11. The van der Waals surface area contributed by atoms with E-state index in [1.165, 1.54) is 12.0 Å². The fraction of sp³-hybridized carbons (Fsp3) is 0.385. The van der Waals surface area contributed by atoms with E-state index in [1.54, 1.807) is 32.3 Å². The Hall–Kier alpha value is -2.08. The van der Waals surface area contributed by atoms with Crippen LogP contribution in [0.15, 0.2) is 18.2 Å². The summed E-state index contributed by atoms with van der Waals surface area (Å²) < 4.78 is 4.75. The zero-order valence-corrected chi connectivity index (χ0v) is 11.6. The number of nitrogens with zero attached hydrogens (tertiary/aromatic N) is 1. The van der Waals surface area contributed by atoms with E-state index in [0.717, 1.165) is 5.56 Å². The lowest BCUT2D eigenvalue weighted by Crippen LogP contribution is -2.27. The molecule has 0 radical (unpaired) electrons. The normalized spacial score (nSPS) is 9.89. The Morgan fingerprint density at radius 2 is 1.79 bits per heavy atom. The molecule has 3 amide bonds. The molecule has 104 valence electrons. The van der Waals surface area contributed by atoms with E-state index >= 15 is 0 Å². The molecule has 0 saturated carbocycles. The van der Waals surface area contributed by atoms with Gasteiger partial charge in [0, 0.05) is 32.6 Å². The molecule has 1 aromatic rings. The molecule has 19 heavy (non-hydrogen) atoms. The number of benzene rings is 1. The predicted octanol–water partition coefficient (Wildman–Crippen LogP) is 1.67. The van der Waals surface area contributed by atoms with E-state index in [2.05, 4.69) is 10.6 Å². The second-order valence-corrected chi connectivity index (χ2v) is 4.28. The molecule has 0 spiro atoms. The fourth-order valence-electron chi connectivity index (χ4n) is 1.45. The summed E-state index contributed by atoms with van der Waals surface area (Å²) in [6, 6.07) is 5.10. The third-order valence-electron chi connectivity index (χ3n) is 2.53. The SMILES string of the molecule is COCC(=O)Nc1cccc(NC(=O)N(C)C)c1C. The van der Waals surface area contributed by atoms with E-state index < -0.39 is 0 Å². The van der Waals surface area contributed by atoms with Gasteiger partial charge in [0.2, 0.25) is 5.91 Å². The second kappa shape index (κ2) is 6.75. The van der Waals surface area contributed by atoms with Crippen molar-refractivity contribution in [3.63, 3.8) is 0 Å². The third kappa shape index (κ3) is 4.26. The highest BCUT2D eigenvalue weighted by Gasteiger charge is 2.10. The summed E-state index contributed by atoms with van der Waals surface area (Å²) >= 11 is 0. The van der Waals surface area contributed by atoms with Gasteiger partial charge in [0.05, 0.1) is 0 Å². The average Bonchev–Trinajstić information content (AvgIpc) is 2.34. The molecule has 0 aliphatic carbocycles. The number of ether oxygens (including phenoxy) is 1. The van der Waals surface area contributed by atoms with Crippen LogP contribution in [0.5, 0.6) is 0 Å². The van der Waals surface area contributed by atoms with Crippen LogP contribution in [0.4, 0.5) is 16.2 Å². The number of rotatable bonds is 4. The third-order valence-corrected chi connectivity index (χ3v) is 2.53. The fourth-order valence-corrected chi connectivity index (χ4v) is 1.45. The quantitative estimate of drug-likeness (QED) is 0.870. The molecule has 0 bridgehead atoms. The Balaban J connectivity index is 2.86. The van der Waals surface area contributed by atoms with Gasteiger partial charge in [-0.2, -0.15) is 0 Å². The molecule has 6 nitrogen and oxygen atoms in total. The van der Waals surface area contributed by atoms with Gasteiger partial charge in [0.1, 0.15) is 6.61 Å². The first-order valence-electron chi connectivity index (χ1n) is 5.82. The molecular formula is C13H19N3O3. The number of hydrogen-bond acceptors (Lipinski definition) is 3. The Kier molecular flexibility index (Phi) is 5.32. The summed E-state index contributed by atoms with van der Waals surface area (Å²) in [4.78, 5) is 24.5. The Morgan fingerprint density at radius 1 is 1.21 bits per heavy atom. The van der Waals surface area contributed by atoms with E-state index in [-0.39, 0.29) is 18.5 Å². The van der Waals surface area contributed by atoms with E-state index in [0.29, 0.717) is 11.4 Å². The summed E-state index contributed by atoms with van der Waals surface area (Å²) in [7, 11) is 4.78. The van der Waals surface area contributed by atoms with Crippen molar-refractivity contribution >= 4 is 23.3 Å². The van der Waals surface area contributed by atoms with Gasteiger partial charge < -0.3 is 20.3 Å². The van der Waals surface area contributed by atoms with Crippen molar-refractivity contribution < 1.29 is 14.3 Å². The van der Waals surface area contributed by atoms with Gasteiger partial charge >= 0.3 is 6.03 Å². The number of carbonyl (C=O) groups excluding carboxylic acids is 2. The summed E-state index contributed by atoms with van der Waals surface area (Å²) in [5.74, 6) is -0.235. The van der Waals surface area contributed by atoms with Crippen LogP contribution >= 0.6 is 0 Å². The lowest BCUT2D eigenvalue weighted by atomic mass is 10.1. The summed E-state index contributed by atoms with van der Waals surface area (Å²) in [6.45, 7) is 1.82. The van der Waals surface area contributed by atoms with Crippen LogP contribution < -0.4 is 10.6 Å². The lowest BCUT2D eigenvalue weighted by Gasteiger charge is -2.16.